The van der Waals surface area contributed by atoms with Crippen LogP contribution in [0.4, 0.5) is 0 Å². The van der Waals surface area contributed by atoms with Crippen molar-refractivity contribution < 1.29 is 4.74 Å². The summed E-state index contributed by atoms with van der Waals surface area (Å²) >= 11 is 0. The Labute approximate surface area is 122 Å². The summed E-state index contributed by atoms with van der Waals surface area (Å²) in [4.78, 5) is 5.11. The van der Waals surface area contributed by atoms with E-state index in [1.165, 1.54) is 25.9 Å². The normalized spacial score (nSPS) is 20.9. The minimum absolute atomic E-state index is 0.888. The van der Waals surface area contributed by atoms with Gasteiger partial charge < -0.3 is 4.74 Å². The third kappa shape index (κ3) is 3.22. The Balaban J connectivity index is 1.71. The van der Waals surface area contributed by atoms with Gasteiger partial charge in [0.15, 0.2) is 0 Å². The first-order valence-corrected chi connectivity index (χ1v) is 7.99. The molecule has 0 bridgehead atoms. The van der Waals surface area contributed by atoms with Crippen LogP contribution in [0, 0.1) is 0 Å². The van der Waals surface area contributed by atoms with E-state index in [-0.39, 0.29) is 0 Å². The maximum atomic E-state index is 5.44. The second-order valence-electron chi connectivity index (χ2n) is 5.97. The lowest BCUT2D eigenvalue weighted by Crippen LogP contribution is -2.37. The van der Waals surface area contributed by atoms with Gasteiger partial charge in [0.2, 0.25) is 0 Å². The van der Waals surface area contributed by atoms with Crippen LogP contribution in [0.3, 0.4) is 0 Å². The molecule has 0 N–H and O–H groups in total. The number of hydrogen-bond donors (Lipinski definition) is 0. The molecule has 1 aromatic carbocycles. The van der Waals surface area contributed by atoms with Crippen molar-refractivity contribution in [1.29, 1.82) is 0 Å². The van der Waals surface area contributed by atoms with E-state index in [4.69, 9.17) is 4.74 Å². The summed E-state index contributed by atoms with van der Waals surface area (Å²) in [5, 5.41) is 0. The third-order valence-corrected chi connectivity index (χ3v) is 4.48. The van der Waals surface area contributed by atoms with Crippen molar-refractivity contribution in [3.63, 3.8) is 0 Å². The van der Waals surface area contributed by atoms with Crippen molar-refractivity contribution in [2.45, 2.75) is 32.9 Å². The first-order chi connectivity index (χ1) is 9.86. The van der Waals surface area contributed by atoms with Crippen molar-refractivity contribution in [1.82, 2.24) is 9.80 Å². The van der Waals surface area contributed by atoms with E-state index in [2.05, 4.69) is 34.9 Å². The van der Waals surface area contributed by atoms with Crippen LogP contribution in [0.15, 0.2) is 18.2 Å². The molecule has 3 heteroatoms. The maximum absolute atomic E-state index is 5.44. The first kappa shape index (κ1) is 14.1. The topological polar surface area (TPSA) is 15.7 Å². The van der Waals surface area contributed by atoms with Crippen LogP contribution >= 0.6 is 0 Å². The standard InChI is InChI=1S/C17H26N2O/c1-2-7-18-8-6-17-15(13-18)4-3-5-16(17)14-19-9-11-20-12-10-19/h3-5H,2,6-14H2,1H3. The Morgan fingerprint density at radius 1 is 1.10 bits per heavy atom. The summed E-state index contributed by atoms with van der Waals surface area (Å²) in [6, 6.07) is 6.88. The summed E-state index contributed by atoms with van der Waals surface area (Å²) in [5.41, 5.74) is 4.71. The maximum Gasteiger partial charge on any atom is 0.0594 e. The Bertz CT molecular complexity index is 441. The molecule has 0 radical (unpaired) electrons. The van der Waals surface area contributed by atoms with Gasteiger partial charge in [-0.2, -0.15) is 0 Å². The molecule has 2 heterocycles. The minimum atomic E-state index is 0.888. The average Bonchev–Trinajstić information content (AvgIpc) is 2.49. The zero-order chi connectivity index (χ0) is 13.8. The Kier molecular flexibility index (Phi) is 4.71. The molecule has 0 saturated carbocycles. The Morgan fingerprint density at radius 3 is 2.75 bits per heavy atom. The van der Waals surface area contributed by atoms with Crippen LogP contribution < -0.4 is 0 Å². The molecule has 2 aliphatic heterocycles. The molecule has 110 valence electrons. The number of morpholine rings is 1. The third-order valence-electron chi connectivity index (χ3n) is 4.48. The zero-order valence-corrected chi connectivity index (χ0v) is 12.6. The van der Waals surface area contributed by atoms with Crippen LogP contribution in [0.2, 0.25) is 0 Å². The number of benzene rings is 1. The number of hydrogen-bond acceptors (Lipinski definition) is 3. The van der Waals surface area contributed by atoms with Gasteiger partial charge in [-0.15, -0.1) is 0 Å². The lowest BCUT2D eigenvalue weighted by molar-refractivity contribution is 0.0340. The highest BCUT2D eigenvalue weighted by Gasteiger charge is 2.19. The van der Waals surface area contributed by atoms with Gasteiger partial charge in [0.1, 0.15) is 0 Å². The highest BCUT2D eigenvalue weighted by Crippen LogP contribution is 2.24. The second-order valence-corrected chi connectivity index (χ2v) is 5.97. The van der Waals surface area contributed by atoms with E-state index < -0.39 is 0 Å². The van der Waals surface area contributed by atoms with Gasteiger partial charge in [-0.3, -0.25) is 9.80 Å². The van der Waals surface area contributed by atoms with Crippen LogP contribution in [-0.2, 0) is 24.2 Å². The van der Waals surface area contributed by atoms with Crippen molar-refractivity contribution in [2.75, 3.05) is 39.4 Å². The fraction of sp³-hybridized carbons (Fsp3) is 0.647. The molecule has 0 unspecified atom stereocenters. The quantitative estimate of drug-likeness (QED) is 0.838. The number of fused-ring (bicyclic) bond motifs is 1. The van der Waals surface area contributed by atoms with Gasteiger partial charge >= 0.3 is 0 Å². The number of ether oxygens (including phenoxy) is 1. The predicted octanol–water partition coefficient (Wildman–Crippen LogP) is 2.29. The van der Waals surface area contributed by atoms with Crippen LogP contribution in [-0.4, -0.2) is 49.2 Å². The second kappa shape index (κ2) is 6.70. The number of rotatable bonds is 4. The minimum Gasteiger partial charge on any atom is -0.379 e. The largest absolute Gasteiger partial charge is 0.379 e. The van der Waals surface area contributed by atoms with Gasteiger partial charge in [-0.1, -0.05) is 25.1 Å². The van der Waals surface area contributed by atoms with Gasteiger partial charge in [0, 0.05) is 32.7 Å². The monoisotopic (exact) mass is 274 g/mol. The van der Waals surface area contributed by atoms with Crippen molar-refractivity contribution in [3.05, 3.63) is 34.9 Å². The summed E-state index contributed by atoms with van der Waals surface area (Å²) in [7, 11) is 0. The van der Waals surface area contributed by atoms with Crippen molar-refractivity contribution in [2.24, 2.45) is 0 Å². The zero-order valence-electron chi connectivity index (χ0n) is 12.6. The van der Waals surface area contributed by atoms with E-state index in [1.807, 2.05) is 0 Å². The molecule has 3 rings (SSSR count). The molecule has 0 aromatic heterocycles. The molecular weight excluding hydrogens is 248 g/mol. The van der Waals surface area contributed by atoms with E-state index in [0.29, 0.717) is 0 Å². The van der Waals surface area contributed by atoms with Crippen LogP contribution in [0.5, 0.6) is 0 Å². The van der Waals surface area contributed by atoms with Gasteiger partial charge in [0.25, 0.3) is 0 Å². The first-order valence-electron chi connectivity index (χ1n) is 7.99. The summed E-state index contributed by atoms with van der Waals surface area (Å²) < 4.78 is 5.44. The molecule has 3 nitrogen and oxygen atoms in total. The average molecular weight is 274 g/mol. The van der Waals surface area contributed by atoms with Crippen molar-refractivity contribution in [3.8, 4) is 0 Å². The van der Waals surface area contributed by atoms with Crippen molar-refractivity contribution >= 4 is 0 Å². The van der Waals surface area contributed by atoms with Crippen LogP contribution in [0.25, 0.3) is 0 Å². The Morgan fingerprint density at radius 2 is 1.95 bits per heavy atom. The lowest BCUT2D eigenvalue weighted by atomic mass is 9.94. The molecule has 2 aliphatic rings. The summed E-state index contributed by atoms with van der Waals surface area (Å²) in [6.07, 6.45) is 2.47. The molecule has 0 atom stereocenters. The van der Waals surface area contributed by atoms with E-state index in [9.17, 15) is 0 Å². The summed E-state index contributed by atoms with van der Waals surface area (Å²) in [5.74, 6) is 0. The molecule has 1 saturated heterocycles. The number of nitrogens with zero attached hydrogens (tertiary/aromatic N) is 2. The fourth-order valence-corrected chi connectivity index (χ4v) is 3.40. The molecule has 1 aromatic rings. The Hall–Kier alpha value is -0.900. The van der Waals surface area contributed by atoms with E-state index >= 15 is 0 Å². The molecular formula is C17H26N2O. The lowest BCUT2D eigenvalue weighted by Gasteiger charge is -2.32. The summed E-state index contributed by atoms with van der Waals surface area (Å²) in [6.45, 7) is 10.9. The van der Waals surface area contributed by atoms with Gasteiger partial charge in [0.05, 0.1) is 13.2 Å². The van der Waals surface area contributed by atoms with E-state index in [0.717, 1.165) is 39.4 Å². The smallest absolute Gasteiger partial charge is 0.0594 e. The molecule has 0 spiro atoms. The van der Waals surface area contributed by atoms with E-state index in [1.54, 1.807) is 16.7 Å². The molecule has 0 aliphatic carbocycles. The molecule has 20 heavy (non-hydrogen) atoms. The highest BCUT2D eigenvalue weighted by molar-refractivity contribution is 5.37. The predicted molar refractivity (Wildman–Crippen MR) is 81.8 cm³/mol. The molecule has 0 amide bonds. The molecule has 1 fully saturated rings. The van der Waals surface area contributed by atoms with Crippen LogP contribution in [0.1, 0.15) is 30.0 Å². The SMILES string of the molecule is CCCN1CCc2c(CN3CCOCC3)cccc2C1. The highest BCUT2D eigenvalue weighted by atomic mass is 16.5. The van der Waals surface area contributed by atoms with Gasteiger partial charge in [-0.25, -0.2) is 0 Å². The fourth-order valence-electron chi connectivity index (χ4n) is 3.40. The van der Waals surface area contributed by atoms with Gasteiger partial charge in [-0.05, 0) is 36.1 Å².